The largest absolute Gasteiger partial charge is 0.415 e. The van der Waals surface area contributed by atoms with Crippen molar-refractivity contribution in [2.45, 2.75) is 7.43 Å². The Morgan fingerprint density at radius 2 is 1.75 bits per heavy atom. The SMILES string of the molecule is C.O=C(Cl)Oc1ccc(Cl)cc1. The molecule has 0 aliphatic rings. The summed E-state index contributed by atoms with van der Waals surface area (Å²) < 4.78 is 4.54. The second kappa shape index (κ2) is 5.01. The van der Waals surface area contributed by atoms with Crippen molar-refractivity contribution < 1.29 is 9.53 Å². The Labute approximate surface area is 81.0 Å². The molecule has 0 spiro atoms. The van der Waals surface area contributed by atoms with Crippen molar-refractivity contribution in [3.63, 3.8) is 0 Å². The van der Waals surface area contributed by atoms with E-state index in [1.165, 1.54) is 0 Å². The zero-order valence-electron chi connectivity index (χ0n) is 5.38. The molecule has 0 radical (unpaired) electrons. The van der Waals surface area contributed by atoms with Crippen molar-refractivity contribution in [2.75, 3.05) is 0 Å². The minimum atomic E-state index is -0.854. The summed E-state index contributed by atoms with van der Waals surface area (Å²) in [5.74, 6) is 0.384. The third-order valence-electron chi connectivity index (χ3n) is 1.01. The fourth-order valence-corrected chi connectivity index (χ4v) is 0.810. The van der Waals surface area contributed by atoms with Crippen molar-refractivity contribution >= 4 is 28.6 Å². The predicted molar refractivity (Wildman–Crippen MR) is 50.1 cm³/mol. The predicted octanol–water partition coefficient (Wildman–Crippen LogP) is 3.71. The second-order valence-corrected chi connectivity index (χ2v) is 2.54. The highest BCUT2D eigenvalue weighted by atomic mass is 35.5. The normalized spacial score (nSPS) is 8.50. The molecule has 2 nitrogen and oxygen atoms in total. The van der Waals surface area contributed by atoms with Gasteiger partial charge in [0.1, 0.15) is 5.75 Å². The molecule has 1 aromatic rings. The number of benzene rings is 1. The summed E-state index contributed by atoms with van der Waals surface area (Å²) in [7, 11) is 0. The molecule has 0 amide bonds. The van der Waals surface area contributed by atoms with Gasteiger partial charge in [0.05, 0.1) is 0 Å². The molecule has 0 aliphatic carbocycles. The highest BCUT2D eigenvalue weighted by molar-refractivity contribution is 6.61. The van der Waals surface area contributed by atoms with Crippen molar-refractivity contribution in [3.8, 4) is 5.75 Å². The highest BCUT2D eigenvalue weighted by Crippen LogP contribution is 2.15. The van der Waals surface area contributed by atoms with Gasteiger partial charge < -0.3 is 4.74 Å². The van der Waals surface area contributed by atoms with Crippen LogP contribution >= 0.6 is 23.2 Å². The second-order valence-electron chi connectivity index (χ2n) is 1.79. The molecule has 0 atom stereocenters. The summed E-state index contributed by atoms with van der Waals surface area (Å²) in [5, 5.41) is 0.583. The van der Waals surface area contributed by atoms with Gasteiger partial charge in [-0.15, -0.1) is 0 Å². The van der Waals surface area contributed by atoms with Crippen LogP contribution in [-0.4, -0.2) is 5.43 Å². The van der Waals surface area contributed by atoms with Crippen LogP contribution in [0.4, 0.5) is 4.79 Å². The Morgan fingerprint density at radius 1 is 1.25 bits per heavy atom. The molecule has 0 aromatic heterocycles. The number of ether oxygens (including phenoxy) is 1. The molecule has 1 rings (SSSR count). The Morgan fingerprint density at radius 3 is 2.17 bits per heavy atom. The molecule has 0 N–H and O–H groups in total. The summed E-state index contributed by atoms with van der Waals surface area (Å²) in [4.78, 5) is 10.2. The van der Waals surface area contributed by atoms with Crippen LogP contribution in [0.5, 0.6) is 5.75 Å². The van der Waals surface area contributed by atoms with Crippen molar-refractivity contribution in [2.24, 2.45) is 0 Å². The van der Waals surface area contributed by atoms with E-state index < -0.39 is 5.43 Å². The van der Waals surface area contributed by atoms with E-state index in [1.807, 2.05) is 0 Å². The van der Waals surface area contributed by atoms with Crippen LogP contribution in [0, 0.1) is 0 Å². The van der Waals surface area contributed by atoms with Crippen molar-refractivity contribution in [1.29, 1.82) is 0 Å². The lowest BCUT2D eigenvalue weighted by molar-refractivity contribution is 0.225. The van der Waals surface area contributed by atoms with Crippen molar-refractivity contribution in [1.82, 2.24) is 0 Å². The van der Waals surface area contributed by atoms with E-state index in [0.29, 0.717) is 10.8 Å². The summed E-state index contributed by atoms with van der Waals surface area (Å²) in [5.41, 5.74) is -0.854. The first-order valence-electron chi connectivity index (χ1n) is 2.81. The lowest BCUT2D eigenvalue weighted by Crippen LogP contribution is -1.94. The van der Waals surface area contributed by atoms with E-state index in [1.54, 1.807) is 24.3 Å². The Balaban J connectivity index is 0.00000121. The first kappa shape index (κ1) is 11.3. The van der Waals surface area contributed by atoms with Gasteiger partial charge in [0.15, 0.2) is 0 Å². The highest BCUT2D eigenvalue weighted by Gasteiger charge is 1.97. The summed E-state index contributed by atoms with van der Waals surface area (Å²) in [6.45, 7) is 0. The number of hydrogen-bond acceptors (Lipinski definition) is 2. The van der Waals surface area contributed by atoms with Gasteiger partial charge in [-0.25, -0.2) is 4.79 Å². The molecule has 0 saturated carbocycles. The fourth-order valence-electron chi connectivity index (χ4n) is 0.595. The van der Waals surface area contributed by atoms with E-state index in [0.717, 1.165) is 0 Å². The fraction of sp³-hybridized carbons (Fsp3) is 0.125. The molecule has 66 valence electrons. The standard InChI is InChI=1S/C7H4Cl2O2.CH4/c8-5-1-3-6(4-2-5)11-7(9)10;/h1-4H;1H4. The van der Waals surface area contributed by atoms with Crippen LogP contribution in [0.2, 0.25) is 5.02 Å². The molecule has 12 heavy (non-hydrogen) atoms. The lowest BCUT2D eigenvalue weighted by atomic mass is 10.3. The third-order valence-corrected chi connectivity index (χ3v) is 1.34. The molecule has 0 bridgehead atoms. The topological polar surface area (TPSA) is 26.3 Å². The quantitative estimate of drug-likeness (QED) is 0.656. The van der Waals surface area contributed by atoms with Crippen molar-refractivity contribution in [3.05, 3.63) is 29.3 Å². The summed E-state index contributed by atoms with van der Waals surface area (Å²) >= 11 is 10.5. The monoisotopic (exact) mass is 206 g/mol. The van der Waals surface area contributed by atoms with E-state index in [-0.39, 0.29) is 7.43 Å². The first-order chi connectivity index (χ1) is 5.18. The number of halogens is 2. The third kappa shape index (κ3) is 3.60. The van der Waals surface area contributed by atoms with Gasteiger partial charge in [-0.1, -0.05) is 19.0 Å². The van der Waals surface area contributed by atoms with Crippen LogP contribution in [0.3, 0.4) is 0 Å². The van der Waals surface area contributed by atoms with Crippen LogP contribution in [-0.2, 0) is 0 Å². The average Bonchev–Trinajstić information content (AvgIpc) is 1.93. The van der Waals surface area contributed by atoms with E-state index in [4.69, 9.17) is 23.2 Å². The molecule has 0 unspecified atom stereocenters. The lowest BCUT2D eigenvalue weighted by Gasteiger charge is -1.97. The Kier molecular flexibility index (Phi) is 4.71. The molecule has 0 heterocycles. The molecular formula is C8H8Cl2O2. The number of rotatable bonds is 1. The maximum Gasteiger partial charge on any atom is 0.409 e. The molecule has 0 saturated heterocycles. The maximum atomic E-state index is 10.2. The number of carbonyl (C=O) groups excluding carboxylic acids is 1. The van der Waals surface area contributed by atoms with Gasteiger partial charge >= 0.3 is 5.43 Å². The maximum absolute atomic E-state index is 10.2. The summed E-state index contributed by atoms with van der Waals surface area (Å²) in [6.07, 6.45) is 0. The van der Waals surface area contributed by atoms with Crippen LogP contribution in [0.1, 0.15) is 7.43 Å². The minimum absolute atomic E-state index is 0. The van der Waals surface area contributed by atoms with E-state index >= 15 is 0 Å². The number of carbonyl (C=O) groups is 1. The molecule has 4 heteroatoms. The molecule has 0 fully saturated rings. The van der Waals surface area contributed by atoms with Gasteiger partial charge in [0.2, 0.25) is 0 Å². The zero-order chi connectivity index (χ0) is 8.27. The molecule has 0 aliphatic heterocycles. The van der Waals surface area contributed by atoms with Crippen LogP contribution < -0.4 is 4.74 Å². The number of hydrogen-bond donors (Lipinski definition) is 0. The summed E-state index contributed by atoms with van der Waals surface area (Å²) in [6, 6.07) is 6.33. The Hall–Kier alpha value is -0.730. The van der Waals surface area contributed by atoms with Gasteiger partial charge in [-0.3, -0.25) is 0 Å². The van der Waals surface area contributed by atoms with E-state index in [9.17, 15) is 4.79 Å². The Bertz CT molecular complexity index is 256. The van der Waals surface area contributed by atoms with Gasteiger partial charge in [-0.05, 0) is 24.3 Å². The minimum Gasteiger partial charge on any atom is -0.415 e. The first-order valence-corrected chi connectivity index (χ1v) is 3.57. The zero-order valence-corrected chi connectivity index (χ0v) is 6.89. The van der Waals surface area contributed by atoms with Gasteiger partial charge in [-0.2, -0.15) is 0 Å². The van der Waals surface area contributed by atoms with E-state index in [2.05, 4.69) is 4.74 Å². The van der Waals surface area contributed by atoms with Crippen LogP contribution in [0.25, 0.3) is 0 Å². The smallest absolute Gasteiger partial charge is 0.409 e. The average molecular weight is 207 g/mol. The van der Waals surface area contributed by atoms with Gasteiger partial charge in [0, 0.05) is 16.6 Å². The van der Waals surface area contributed by atoms with Gasteiger partial charge in [0.25, 0.3) is 0 Å². The molecular weight excluding hydrogens is 199 g/mol. The van der Waals surface area contributed by atoms with Crippen LogP contribution in [0.15, 0.2) is 24.3 Å². The molecule has 1 aromatic carbocycles.